The molecule has 3 nitrogen and oxygen atoms in total. The molecule has 0 aliphatic carbocycles. The average Bonchev–Trinajstić information content (AvgIpc) is 2.47. The van der Waals surface area contributed by atoms with Crippen LogP contribution in [0.3, 0.4) is 0 Å². The van der Waals surface area contributed by atoms with Crippen molar-refractivity contribution in [2.75, 3.05) is 12.0 Å². The lowest BCUT2D eigenvalue weighted by atomic mass is 10.3. The maximum Gasteiger partial charge on any atom is 0.214 e. The maximum absolute atomic E-state index is 5.85. The Hall–Kier alpha value is -0.930. The third kappa shape index (κ3) is 2.11. The van der Waals surface area contributed by atoms with Gasteiger partial charge in [0.1, 0.15) is 5.50 Å². The van der Waals surface area contributed by atoms with Crippen LogP contribution in [0, 0.1) is 0 Å². The number of halogens is 2. The van der Waals surface area contributed by atoms with E-state index in [4.69, 9.17) is 23.2 Å². The Labute approximate surface area is 92.3 Å². The van der Waals surface area contributed by atoms with Crippen LogP contribution in [0.25, 0.3) is 0 Å². The van der Waals surface area contributed by atoms with Crippen molar-refractivity contribution in [3.05, 3.63) is 30.3 Å². The van der Waals surface area contributed by atoms with Crippen molar-refractivity contribution in [2.45, 2.75) is 5.50 Å². The molecule has 0 fully saturated rings. The highest BCUT2D eigenvalue weighted by atomic mass is 35.5. The van der Waals surface area contributed by atoms with E-state index in [0.717, 1.165) is 5.69 Å². The van der Waals surface area contributed by atoms with Crippen LogP contribution in [-0.4, -0.2) is 22.3 Å². The first-order chi connectivity index (χ1) is 6.75. The van der Waals surface area contributed by atoms with Crippen LogP contribution in [0.4, 0.5) is 5.69 Å². The highest BCUT2D eigenvalue weighted by Gasteiger charge is 2.21. The molecule has 1 N–H and O–H groups in total. The third-order valence-corrected chi connectivity index (χ3v) is 2.38. The molecule has 5 heteroatoms. The fourth-order valence-electron chi connectivity index (χ4n) is 1.21. The Morgan fingerprint density at radius 2 is 2.07 bits per heavy atom. The number of nitrogens with zero attached hydrogens (tertiary/aromatic N) is 2. The molecule has 2 rings (SSSR count). The lowest BCUT2D eigenvalue weighted by Gasteiger charge is -2.19. The van der Waals surface area contributed by atoms with Crippen LogP contribution in [0.2, 0.25) is 0 Å². The monoisotopic (exact) mass is 229 g/mol. The van der Waals surface area contributed by atoms with Gasteiger partial charge < -0.3 is 0 Å². The maximum atomic E-state index is 5.85. The molecule has 0 amide bonds. The second-order valence-electron chi connectivity index (χ2n) is 2.92. The molecule has 0 aromatic heterocycles. The summed E-state index contributed by atoms with van der Waals surface area (Å²) in [5.74, 6) is 0. The Kier molecular flexibility index (Phi) is 2.79. The average molecular weight is 230 g/mol. The molecule has 1 heterocycles. The predicted octanol–water partition coefficient (Wildman–Crippen LogP) is 2.49. The molecule has 0 spiro atoms. The van der Waals surface area contributed by atoms with Gasteiger partial charge in [-0.1, -0.05) is 29.8 Å². The highest BCUT2D eigenvalue weighted by molar-refractivity contribution is 6.65. The summed E-state index contributed by atoms with van der Waals surface area (Å²) in [4.78, 5) is 3.98. The van der Waals surface area contributed by atoms with Crippen molar-refractivity contribution < 1.29 is 0 Å². The largest absolute Gasteiger partial charge is 0.296 e. The molecule has 14 heavy (non-hydrogen) atoms. The van der Waals surface area contributed by atoms with Gasteiger partial charge in [-0.25, -0.2) is 4.99 Å². The van der Waals surface area contributed by atoms with E-state index < -0.39 is 0 Å². The first kappa shape index (κ1) is 9.62. The number of alkyl halides is 1. The smallest absolute Gasteiger partial charge is 0.214 e. The van der Waals surface area contributed by atoms with Gasteiger partial charge in [-0.15, -0.1) is 0 Å². The number of hydrogen-bond donors (Lipinski definition) is 1. The minimum absolute atomic E-state index is 0.265. The summed E-state index contributed by atoms with van der Waals surface area (Å²) in [6.45, 7) is 0.579. The lowest BCUT2D eigenvalue weighted by molar-refractivity contribution is 0.539. The van der Waals surface area contributed by atoms with E-state index in [1.165, 1.54) is 0 Å². The van der Waals surface area contributed by atoms with Gasteiger partial charge in [0.15, 0.2) is 0 Å². The van der Waals surface area contributed by atoms with Crippen LogP contribution in [0.1, 0.15) is 0 Å². The SMILES string of the molecule is ClC1=NC(Cl)CN1Nc1ccccc1. The number of hydrogen-bond acceptors (Lipinski definition) is 3. The predicted molar refractivity (Wildman–Crippen MR) is 59.7 cm³/mol. The number of anilines is 1. The van der Waals surface area contributed by atoms with E-state index in [1.54, 1.807) is 5.01 Å². The summed E-state index contributed by atoms with van der Waals surface area (Å²) in [5, 5.41) is 2.11. The van der Waals surface area contributed by atoms with Gasteiger partial charge >= 0.3 is 0 Å². The van der Waals surface area contributed by atoms with Gasteiger partial charge in [0.05, 0.1) is 12.2 Å². The lowest BCUT2D eigenvalue weighted by Crippen LogP contribution is -2.31. The Morgan fingerprint density at radius 1 is 1.36 bits per heavy atom. The van der Waals surface area contributed by atoms with Crippen molar-refractivity contribution in [1.82, 2.24) is 5.01 Å². The highest BCUT2D eigenvalue weighted by Crippen LogP contribution is 2.16. The topological polar surface area (TPSA) is 27.6 Å². The van der Waals surface area contributed by atoms with Crippen LogP contribution < -0.4 is 5.43 Å². The van der Waals surface area contributed by atoms with E-state index in [0.29, 0.717) is 11.8 Å². The fourth-order valence-corrected chi connectivity index (χ4v) is 1.72. The molecule has 74 valence electrons. The van der Waals surface area contributed by atoms with Crippen molar-refractivity contribution in [2.24, 2.45) is 4.99 Å². The summed E-state index contributed by atoms with van der Waals surface area (Å²) < 4.78 is 0. The summed E-state index contributed by atoms with van der Waals surface area (Å²) in [5.41, 5.74) is 3.81. The Morgan fingerprint density at radius 3 is 2.64 bits per heavy atom. The molecule has 0 saturated heterocycles. The van der Waals surface area contributed by atoms with E-state index in [1.807, 2.05) is 30.3 Å². The summed E-state index contributed by atoms with van der Waals surface area (Å²) in [7, 11) is 0. The Balaban J connectivity index is 2.03. The number of nitrogens with one attached hydrogen (secondary N) is 1. The number of para-hydroxylation sites is 1. The second-order valence-corrected chi connectivity index (χ2v) is 3.76. The molecule has 0 bridgehead atoms. The zero-order valence-corrected chi connectivity index (χ0v) is 8.83. The van der Waals surface area contributed by atoms with Crippen molar-refractivity contribution in [3.63, 3.8) is 0 Å². The van der Waals surface area contributed by atoms with E-state index in [-0.39, 0.29) is 5.50 Å². The molecule has 1 aromatic carbocycles. The molecule has 1 unspecified atom stereocenters. The van der Waals surface area contributed by atoms with Gasteiger partial charge in [-0.2, -0.15) is 0 Å². The standard InChI is InChI=1S/C9H9Cl2N3/c10-8-6-14(9(11)12-8)13-7-4-2-1-3-5-7/h1-5,8,13H,6H2. The fraction of sp³-hybridized carbons (Fsp3) is 0.222. The minimum atomic E-state index is -0.265. The molecular formula is C9H9Cl2N3. The van der Waals surface area contributed by atoms with Crippen LogP contribution in [0.5, 0.6) is 0 Å². The molecular weight excluding hydrogens is 221 g/mol. The molecule has 1 atom stereocenters. The summed E-state index contributed by atoms with van der Waals surface area (Å²) >= 11 is 11.7. The third-order valence-electron chi connectivity index (χ3n) is 1.84. The van der Waals surface area contributed by atoms with Gasteiger partial charge in [0.2, 0.25) is 5.29 Å². The van der Waals surface area contributed by atoms with Crippen molar-refractivity contribution in [1.29, 1.82) is 0 Å². The molecule has 0 saturated carbocycles. The van der Waals surface area contributed by atoms with Crippen LogP contribution >= 0.6 is 23.2 Å². The van der Waals surface area contributed by atoms with Gasteiger partial charge in [-0.3, -0.25) is 10.4 Å². The molecule has 1 aliphatic heterocycles. The van der Waals surface area contributed by atoms with Crippen LogP contribution in [-0.2, 0) is 0 Å². The summed E-state index contributed by atoms with van der Waals surface area (Å²) in [6.07, 6.45) is 0. The van der Waals surface area contributed by atoms with Crippen molar-refractivity contribution >= 4 is 34.2 Å². The van der Waals surface area contributed by atoms with E-state index in [9.17, 15) is 0 Å². The van der Waals surface area contributed by atoms with Gasteiger partial charge in [-0.05, 0) is 23.7 Å². The van der Waals surface area contributed by atoms with Crippen LogP contribution in [0.15, 0.2) is 35.3 Å². The van der Waals surface area contributed by atoms with Gasteiger partial charge in [0.25, 0.3) is 0 Å². The molecule has 1 aromatic rings. The zero-order chi connectivity index (χ0) is 9.97. The number of hydrazine groups is 1. The number of aliphatic imine (C=N–C) groups is 1. The van der Waals surface area contributed by atoms with E-state index >= 15 is 0 Å². The minimum Gasteiger partial charge on any atom is -0.296 e. The zero-order valence-electron chi connectivity index (χ0n) is 7.32. The number of rotatable bonds is 2. The number of amidine groups is 1. The van der Waals surface area contributed by atoms with E-state index in [2.05, 4.69) is 10.4 Å². The van der Waals surface area contributed by atoms with Gasteiger partial charge in [0, 0.05) is 0 Å². The molecule has 1 aliphatic rings. The second kappa shape index (κ2) is 4.07. The first-order valence-electron chi connectivity index (χ1n) is 4.22. The quantitative estimate of drug-likeness (QED) is 0.624. The number of benzene rings is 1. The molecule has 0 radical (unpaired) electrons. The van der Waals surface area contributed by atoms with Crippen molar-refractivity contribution in [3.8, 4) is 0 Å². The first-order valence-corrected chi connectivity index (χ1v) is 5.04. The summed E-state index contributed by atoms with van der Waals surface area (Å²) in [6, 6.07) is 9.75. The Bertz CT molecular complexity index is 339. The normalized spacial score (nSPS) is 20.9.